The Morgan fingerprint density at radius 3 is 2.44 bits per heavy atom. The van der Waals surface area contributed by atoms with E-state index in [9.17, 15) is 4.79 Å². The maximum Gasteiger partial charge on any atom is 0.197 e. The van der Waals surface area contributed by atoms with Crippen molar-refractivity contribution < 1.29 is 14.3 Å². The average molecular weight is 218 g/mol. The number of hydrogen-bond donors (Lipinski definition) is 0. The Morgan fingerprint density at radius 1 is 1.12 bits per heavy atom. The van der Waals surface area contributed by atoms with Crippen LogP contribution >= 0.6 is 0 Å². The Morgan fingerprint density at radius 2 is 1.81 bits per heavy atom. The summed E-state index contributed by atoms with van der Waals surface area (Å²) in [6, 6.07) is 7.20. The van der Waals surface area contributed by atoms with E-state index in [1.54, 1.807) is 19.2 Å². The zero-order valence-electron chi connectivity index (χ0n) is 9.23. The molecule has 0 heterocycles. The number of benzene rings is 1. The molecule has 0 fully saturated rings. The number of Topliss-reactive ketones (excluding diaryl/α,β-unsaturated/α-hetero) is 1. The second kappa shape index (κ2) is 4.84. The highest BCUT2D eigenvalue weighted by Crippen LogP contribution is 2.22. The fraction of sp³-hybridized carbons (Fsp3) is 0.308. The summed E-state index contributed by atoms with van der Waals surface area (Å²) in [6.07, 6.45) is 4.28. The topological polar surface area (TPSA) is 35.5 Å². The van der Waals surface area contributed by atoms with Crippen LogP contribution in [0.4, 0.5) is 0 Å². The van der Waals surface area contributed by atoms with Gasteiger partial charge in [-0.05, 0) is 43.2 Å². The average Bonchev–Trinajstić information content (AvgIpc) is 2.33. The monoisotopic (exact) mass is 218 g/mol. The van der Waals surface area contributed by atoms with Crippen LogP contribution in [0.3, 0.4) is 0 Å². The molecule has 0 unspecified atom stereocenters. The molecule has 16 heavy (non-hydrogen) atoms. The summed E-state index contributed by atoms with van der Waals surface area (Å²) >= 11 is 0. The van der Waals surface area contributed by atoms with Crippen LogP contribution in [0, 0.1) is 0 Å². The number of carbonyl (C=O) groups excluding carboxylic acids is 1. The van der Waals surface area contributed by atoms with Crippen molar-refractivity contribution in [2.24, 2.45) is 0 Å². The fourth-order valence-electron chi connectivity index (χ4n) is 1.60. The number of allylic oxidation sites excluding steroid dienone is 2. The van der Waals surface area contributed by atoms with Crippen molar-refractivity contribution in [1.29, 1.82) is 0 Å². The molecule has 2 rings (SSSR count). The van der Waals surface area contributed by atoms with Gasteiger partial charge in [-0.15, -0.1) is 0 Å². The quantitative estimate of drug-likeness (QED) is 0.782. The van der Waals surface area contributed by atoms with Crippen molar-refractivity contribution >= 4 is 5.78 Å². The molecule has 3 nitrogen and oxygen atoms in total. The zero-order valence-corrected chi connectivity index (χ0v) is 9.23. The number of hydrogen-bond acceptors (Lipinski definition) is 3. The van der Waals surface area contributed by atoms with Gasteiger partial charge < -0.3 is 9.47 Å². The lowest BCUT2D eigenvalue weighted by molar-refractivity contribution is -0.118. The fourth-order valence-corrected chi connectivity index (χ4v) is 1.60. The van der Waals surface area contributed by atoms with E-state index in [0.717, 1.165) is 18.6 Å². The largest absolute Gasteiger partial charge is 0.497 e. The maximum absolute atomic E-state index is 11.5. The van der Waals surface area contributed by atoms with E-state index in [4.69, 9.17) is 9.47 Å². The number of methoxy groups -OCH3 is 1. The molecule has 1 aliphatic rings. The van der Waals surface area contributed by atoms with Crippen LogP contribution in [-0.4, -0.2) is 12.9 Å². The van der Waals surface area contributed by atoms with Crippen LogP contribution in [0.5, 0.6) is 11.5 Å². The van der Waals surface area contributed by atoms with Crippen molar-refractivity contribution in [3.8, 4) is 11.5 Å². The first kappa shape index (κ1) is 10.7. The Hall–Kier alpha value is -1.77. The molecule has 1 aliphatic carbocycles. The van der Waals surface area contributed by atoms with Gasteiger partial charge in [0.05, 0.1) is 7.11 Å². The van der Waals surface area contributed by atoms with Gasteiger partial charge >= 0.3 is 0 Å². The van der Waals surface area contributed by atoms with Crippen molar-refractivity contribution in [2.75, 3.05) is 7.11 Å². The Kier molecular flexibility index (Phi) is 3.25. The summed E-state index contributed by atoms with van der Waals surface area (Å²) in [5.41, 5.74) is 0. The third-order valence-electron chi connectivity index (χ3n) is 2.50. The van der Waals surface area contributed by atoms with Gasteiger partial charge in [-0.25, -0.2) is 0 Å². The lowest BCUT2D eigenvalue weighted by Crippen LogP contribution is -2.12. The van der Waals surface area contributed by atoms with Crippen LogP contribution < -0.4 is 9.47 Å². The minimum Gasteiger partial charge on any atom is -0.497 e. The molecule has 0 amide bonds. The molecule has 0 saturated carbocycles. The van der Waals surface area contributed by atoms with E-state index >= 15 is 0 Å². The molecular formula is C13H14O3. The summed E-state index contributed by atoms with van der Waals surface area (Å²) in [4.78, 5) is 11.5. The molecule has 1 aromatic carbocycles. The molecule has 0 atom stereocenters. The predicted octanol–water partition coefficient (Wildman–Crippen LogP) is 2.71. The minimum atomic E-state index is 0.0852. The van der Waals surface area contributed by atoms with Crippen LogP contribution in [0.1, 0.15) is 19.3 Å². The Bertz CT molecular complexity index is 404. The summed E-state index contributed by atoms with van der Waals surface area (Å²) in [6.45, 7) is 0. The SMILES string of the molecule is COc1ccc(OC2=CCCCC2=O)cc1. The molecule has 1 aromatic rings. The van der Waals surface area contributed by atoms with Crippen molar-refractivity contribution in [3.63, 3.8) is 0 Å². The molecule has 0 radical (unpaired) electrons. The molecule has 0 N–H and O–H groups in total. The number of rotatable bonds is 3. The first-order valence-electron chi connectivity index (χ1n) is 5.35. The van der Waals surface area contributed by atoms with Crippen molar-refractivity contribution in [3.05, 3.63) is 36.1 Å². The minimum absolute atomic E-state index is 0.0852. The van der Waals surface area contributed by atoms with Gasteiger partial charge in [0.2, 0.25) is 0 Å². The van der Waals surface area contributed by atoms with E-state index in [2.05, 4.69) is 0 Å². The van der Waals surface area contributed by atoms with Gasteiger partial charge in [-0.2, -0.15) is 0 Å². The van der Waals surface area contributed by atoms with E-state index in [-0.39, 0.29) is 5.78 Å². The normalized spacial score (nSPS) is 15.6. The molecule has 0 aliphatic heterocycles. The van der Waals surface area contributed by atoms with Crippen molar-refractivity contribution in [2.45, 2.75) is 19.3 Å². The lowest BCUT2D eigenvalue weighted by Gasteiger charge is -2.12. The second-order valence-electron chi connectivity index (χ2n) is 3.66. The molecule has 0 spiro atoms. The van der Waals surface area contributed by atoms with E-state index in [1.165, 1.54) is 0 Å². The van der Waals surface area contributed by atoms with Gasteiger partial charge in [-0.3, -0.25) is 4.79 Å². The summed E-state index contributed by atoms with van der Waals surface area (Å²) in [5, 5.41) is 0. The lowest BCUT2D eigenvalue weighted by atomic mass is 10.1. The Labute approximate surface area is 94.7 Å². The molecule has 3 heteroatoms. The van der Waals surface area contributed by atoms with Gasteiger partial charge in [0.1, 0.15) is 11.5 Å². The standard InChI is InChI=1S/C13H14O3/c1-15-10-6-8-11(9-7-10)16-13-5-3-2-4-12(13)14/h5-9H,2-4H2,1H3. The van der Waals surface area contributed by atoms with E-state index in [0.29, 0.717) is 17.9 Å². The predicted molar refractivity (Wildman–Crippen MR) is 60.6 cm³/mol. The highest BCUT2D eigenvalue weighted by atomic mass is 16.5. The van der Waals surface area contributed by atoms with Gasteiger partial charge in [0.25, 0.3) is 0 Å². The molecule has 0 aromatic heterocycles. The van der Waals surface area contributed by atoms with Crippen LogP contribution in [0.15, 0.2) is 36.1 Å². The summed E-state index contributed by atoms with van der Waals surface area (Å²) in [7, 11) is 1.61. The number of ketones is 1. The van der Waals surface area contributed by atoms with Crippen LogP contribution in [0.25, 0.3) is 0 Å². The highest BCUT2D eigenvalue weighted by molar-refractivity contribution is 5.94. The molecule has 0 bridgehead atoms. The smallest absolute Gasteiger partial charge is 0.197 e. The molecular weight excluding hydrogens is 204 g/mol. The summed E-state index contributed by atoms with van der Waals surface area (Å²) in [5.74, 6) is 2.00. The zero-order chi connectivity index (χ0) is 11.4. The maximum atomic E-state index is 11.5. The highest BCUT2D eigenvalue weighted by Gasteiger charge is 2.15. The van der Waals surface area contributed by atoms with Gasteiger partial charge in [-0.1, -0.05) is 0 Å². The summed E-state index contributed by atoms with van der Waals surface area (Å²) < 4.78 is 10.6. The first-order valence-corrected chi connectivity index (χ1v) is 5.35. The van der Waals surface area contributed by atoms with Crippen molar-refractivity contribution in [1.82, 2.24) is 0 Å². The van der Waals surface area contributed by atoms with Gasteiger partial charge in [0.15, 0.2) is 11.5 Å². The first-order chi connectivity index (χ1) is 7.79. The van der Waals surface area contributed by atoms with Crippen LogP contribution in [-0.2, 0) is 4.79 Å². The van der Waals surface area contributed by atoms with E-state index in [1.807, 2.05) is 18.2 Å². The third-order valence-corrected chi connectivity index (χ3v) is 2.50. The molecule has 84 valence electrons. The number of carbonyl (C=O) groups is 1. The third kappa shape index (κ3) is 2.42. The van der Waals surface area contributed by atoms with Crippen LogP contribution in [0.2, 0.25) is 0 Å². The van der Waals surface area contributed by atoms with Gasteiger partial charge in [0, 0.05) is 6.42 Å². The van der Waals surface area contributed by atoms with E-state index < -0.39 is 0 Å². The Balaban J connectivity index is 2.08. The second-order valence-corrected chi connectivity index (χ2v) is 3.66. The number of ether oxygens (including phenoxy) is 2. The molecule has 0 saturated heterocycles.